The second-order valence-electron chi connectivity index (χ2n) is 4.69. The minimum atomic E-state index is -3.90. The smallest absolute Gasteiger partial charge is 0.243 e. The SMILES string of the molecule is CC1NCCCC1NS(=O)(=O)c1cc(Cl)ccc1F. The molecule has 4 nitrogen and oxygen atoms in total. The number of nitrogens with one attached hydrogen (secondary N) is 2. The van der Waals surface area contributed by atoms with Gasteiger partial charge >= 0.3 is 0 Å². The van der Waals surface area contributed by atoms with Gasteiger partial charge in [-0.25, -0.2) is 17.5 Å². The minimum absolute atomic E-state index is 0.0192. The highest BCUT2D eigenvalue weighted by Gasteiger charge is 2.28. The predicted octanol–water partition coefficient (Wildman–Crippen LogP) is 1.90. The fourth-order valence-electron chi connectivity index (χ4n) is 2.15. The third-order valence-electron chi connectivity index (χ3n) is 3.25. The quantitative estimate of drug-likeness (QED) is 0.897. The van der Waals surface area contributed by atoms with Gasteiger partial charge in [-0.3, -0.25) is 0 Å². The largest absolute Gasteiger partial charge is 0.313 e. The lowest BCUT2D eigenvalue weighted by atomic mass is 10.0. The van der Waals surface area contributed by atoms with E-state index in [2.05, 4.69) is 10.0 Å². The lowest BCUT2D eigenvalue weighted by molar-refractivity contribution is 0.348. The number of hydrogen-bond acceptors (Lipinski definition) is 3. The Morgan fingerprint density at radius 1 is 1.47 bits per heavy atom. The highest BCUT2D eigenvalue weighted by Crippen LogP contribution is 2.21. The van der Waals surface area contributed by atoms with Gasteiger partial charge < -0.3 is 5.32 Å². The molecule has 0 amide bonds. The molecule has 7 heteroatoms. The molecule has 1 fully saturated rings. The summed E-state index contributed by atoms with van der Waals surface area (Å²) in [6, 6.07) is 3.28. The molecule has 0 bridgehead atoms. The number of piperidine rings is 1. The monoisotopic (exact) mass is 306 g/mol. The van der Waals surface area contributed by atoms with Crippen LogP contribution in [0.25, 0.3) is 0 Å². The number of benzene rings is 1. The van der Waals surface area contributed by atoms with Crippen LogP contribution in [0.4, 0.5) is 4.39 Å². The molecular formula is C12H16ClFN2O2S. The van der Waals surface area contributed by atoms with E-state index in [1.165, 1.54) is 6.07 Å². The Labute approximate surface area is 117 Å². The van der Waals surface area contributed by atoms with E-state index in [1.807, 2.05) is 6.92 Å². The van der Waals surface area contributed by atoms with E-state index in [0.29, 0.717) is 0 Å². The Morgan fingerprint density at radius 3 is 2.89 bits per heavy atom. The molecule has 2 N–H and O–H groups in total. The third kappa shape index (κ3) is 3.45. The van der Waals surface area contributed by atoms with Crippen molar-refractivity contribution < 1.29 is 12.8 Å². The van der Waals surface area contributed by atoms with Gasteiger partial charge in [0.1, 0.15) is 10.7 Å². The second-order valence-corrected chi connectivity index (χ2v) is 6.81. The van der Waals surface area contributed by atoms with Crippen molar-refractivity contribution in [2.24, 2.45) is 0 Å². The fraction of sp³-hybridized carbons (Fsp3) is 0.500. The Morgan fingerprint density at radius 2 is 2.21 bits per heavy atom. The molecule has 1 aliphatic heterocycles. The van der Waals surface area contributed by atoms with Crippen molar-refractivity contribution in [3.05, 3.63) is 29.0 Å². The van der Waals surface area contributed by atoms with Crippen molar-refractivity contribution in [3.63, 3.8) is 0 Å². The zero-order valence-corrected chi connectivity index (χ0v) is 12.1. The van der Waals surface area contributed by atoms with Crippen LogP contribution in [0.3, 0.4) is 0 Å². The topological polar surface area (TPSA) is 58.2 Å². The second kappa shape index (κ2) is 5.75. The number of rotatable bonds is 3. The molecule has 1 aromatic rings. The van der Waals surface area contributed by atoms with E-state index in [0.717, 1.165) is 31.5 Å². The van der Waals surface area contributed by atoms with Crippen LogP contribution >= 0.6 is 11.6 Å². The molecule has 1 heterocycles. The maximum absolute atomic E-state index is 13.6. The summed E-state index contributed by atoms with van der Waals surface area (Å²) >= 11 is 5.72. The maximum Gasteiger partial charge on any atom is 0.243 e. The molecule has 2 unspecified atom stereocenters. The van der Waals surface area contributed by atoms with Crippen LogP contribution in [0.15, 0.2) is 23.1 Å². The molecule has 0 aliphatic carbocycles. The molecule has 2 rings (SSSR count). The van der Waals surface area contributed by atoms with Crippen LogP contribution in [0.1, 0.15) is 19.8 Å². The molecule has 106 valence electrons. The highest BCUT2D eigenvalue weighted by atomic mass is 35.5. The standard InChI is InChI=1S/C12H16ClFN2O2S/c1-8-11(3-2-6-15-8)16-19(17,18)12-7-9(13)4-5-10(12)14/h4-5,7-8,11,15-16H,2-3,6H2,1H3. The van der Waals surface area contributed by atoms with Crippen LogP contribution in [-0.2, 0) is 10.0 Å². The first-order valence-electron chi connectivity index (χ1n) is 6.11. The molecule has 0 spiro atoms. The average Bonchev–Trinajstić information content (AvgIpc) is 2.35. The van der Waals surface area contributed by atoms with E-state index in [9.17, 15) is 12.8 Å². The third-order valence-corrected chi connectivity index (χ3v) is 4.99. The highest BCUT2D eigenvalue weighted by molar-refractivity contribution is 7.89. The van der Waals surface area contributed by atoms with Crippen LogP contribution in [0.5, 0.6) is 0 Å². The van der Waals surface area contributed by atoms with Crippen molar-refractivity contribution in [1.29, 1.82) is 0 Å². The van der Waals surface area contributed by atoms with E-state index >= 15 is 0 Å². The van der Waals surface area contributed by atoms with Gasteiger partial charge in [-0.05, 0) is 44.5 Å². The molecule has 1 aliphatic rings. The Kier molecular flexibility index (Phi) is 4.45. The molecule has 0 saturated carbocycles. The predicted molar refractivity (Wildman–Crippen MR) is 72.2 cm³/mol. The van der Waals surface area contributed by atoms with Crippen molar-refractivity contribution in [3.8, 4) is 0 Å². The minimum Gasteiger partial charge on any atom is -0.313 e. The van der Waals surface area contributed by atoms with Gasteiger partial charge in [0, 0.05) is 17.1 Å². The van der Waals surface area contributed by atoms with Crippen molar-refractivity contribution in [2.75, 3.05) is 6.54 Å². The summed E-state index contributed by atoms with van der Waals surface area (Å²) in [5.74, 6) is -0.798. The molecule has 0 aromatic heterocycles. The van der Waals surface area contributed by atoms with E-state index in [-0.39, 0.29) is 17.1 Å². The average molecular weight is 307 g/mol. The van der Waals surface area contributed by atoms with Crippen LogP contribution in [0.2, 0.25) is 5.02 Å². The fourth-order valence-corrected chi connectivity index (χ4v) is 3.84. The Bertz CT molecular complexity index is 565. The van der Waals surface area contributed by atoms with Gasteiger partial charge in [0.25, 0.3) is 0 Å². The number of sulfonamides is 1. The lowest BCUT2D eigenvalue weighted by Gasteiger charge is -2.30. The van der Waals surface area contributed by atoms with Crippen LogP contribution in [0, 0.1) is 5.82 Å². The first kappa shape index (κ1) is 14.7. The van der Waals surface area contributed by atoms with Crippen molar-refractivity contribution in [2.45, 2.75) is 36.7 Å². The van der Waals surface area contributed by atoms with Gasteiger partial charge in [-0.2, -0.15) is 0 Å². The van der Waals surface area contributed by atoms with Gasteiger partial charge in [0.05, 0.1) is 0 Å². The summed E-state index contributed by atoms with van der Waals surface area (Å²) in [5, 5.41) is 3.38. The van der Waals surface area contributed by atoms with E-state index in [1.54, 1.807) is 0 Å². The van der Waals surface area contributed by atoms with Gasteiger partial charge in [0.15, 0.2) is 0 Å². The number of halogens is 2. The number of hydrogen-bond donors (Lipinski definition) is 2. The summed E-state index contributed by atoms with van der Waals surface area (Å²) in [6.07, 6.45) is 1.62. The first-order chi connectivity index (χ1) is 8.90. The Hall–Kier alpha value is -0.690. The van der Waals surface area contributed by atoms with E-state index in [4.69, 9.17) is 11.6 Å². The first-order valence-corrected chi connectivity index (χ1v) is 7.97. The normalized spacial score (nSPS) is 24.4. The zero-order chi connectivity index (χ0) is 14.0. The molecule has 1 saturated heterocycles. The Balaban J connectivity index is 2.24. The van der Waals surface area contributed by atoms with E-state index < -0.39 is 20.7 Å². The summed E-state index contributed by atoms with van der Waals surface area (Å²) in [7, 11) is -3.90. The van der Waals surface area contributed by atoms with Gasteiger partial charge in [-0.1, -0.05) is 11.6 Å². The molecular weight excluding hydrogens is 291 g/mol. The van der Waals surface area contributed by atoms with Crippen molar-refractivity contribution >= 4 is 21.6 Å². The van der Waals surface area contributed by atoms with Gasteiger partial charge in [0.2, 0.25) is 10.0 Å². The maximum atomic E-state index is 13.6. The van der Waals surface area contributed by atoms with Crippen LogP contribution in [-0.4, -0.2) is 27.0 Å². The van der Waals surface area contributed by atoms with Crippen molar-refractivity contribution in [1.82, 2.24) is 10.0 Å². The molecule has 0 radical (unpaired) electrons. The molecule has 2 atom stereocenters. The van der Waals surface area contributed by atoms with Gasteiger partial charge in [-0.15, -0.1) is 0 Å². The summed E-state index contributed by atoms with van der Waals surface area (Å²) in [4.78, 5) is -0.405. The zero-order valence-electron chi connectivity index (χ0n) is 10.5. The molecule has 19 heavy (non-hydrogen) atoms. The molecule has 1 aromatic carbocycles. The summed E-state index contributed by atoms with van der Waals surface area (Å²) in [6.45, 7) is 2.77. The summed E-state index contributed by atoms with van der Waals surface area (Å²) in [5.41, 5.74) is 0. The summed E-state index contributed by atoms with van der Waals surface area (Å²) < 4.78 is 40.5. The van der Waals surface area contributed by atoms with Crippen LogP contribution < -0.4 is 10.0 Å². The lowest BCUT2D eigenvalue weighted by Crippen LogP contribution is -2.51.